The Hall–Kier alpha value is -1.76. The van der Waals surface area contributed by atoms with Gasteiger partial charge in [-0.3, -0.25) is 4.99 Å². The molecule has 0 aliphatic carbocycles. The summed E-state index contributed by atoms with van der Waals surface area (Å²) >= 11 is 0. The van der Waals surface area contributed by atoms with Crippen LogP contribution in [0.2, 0.25) is 0 Å². The molecule has 6 nitrogen and oxygen atoms in total. The van der Waals surface area contributed by atoms with Gasteiger partial charge in [0.15, 0.2) is 15.8 Å². The van der Waals surface area contributed by atoms with E-state index in [1.54, 1.807) is 7.11 Å². The maximum atomic E-state index is 11.7. The van der Waals surface area contributed by atoms with Crippen molar-refractivity contribution in [2.45, 2.75) is 18.4 Å². The molecular formula is C14H19N3O3S. The van der Waals surface area contributed by atoms with Crippen LogP contribution in [0.3, 0.4) is 0 Å². The van der Waals surface area contributed by atoms with E-state index in [0.29, 0.717) is 25.3 Å². The highest BCUT2D eigenvalue weighted by Gasteiger charge is 2.46. The zero-order chi connectivity index (χ0) is 15.1. The summed E-state index contributed by atoms with van der Waals surface area (Å²) in [6, 6.07) is 7.61. The Morgan fingerprint density at radius 2 is 2.05 bits per heavy atom. The van der Waals surface area contributed by atoms with Crippen LogP contribution in [-0.2, 0) is 9.84 Å². The van der Waals surface area contributed by atoms with Gasteiger partial charge < -0.3 is 15.4 Å². The molecule has 0 radical (unpaired) electrons. The lowest BCUT2D eigenvalue weighted by Gasteiger charge is -2.41. The number of guanidine groups is 1. The number of ether oxygens (including phenoxy) is 1. The number of rotatable bonds is 2. The molecule has 21 heavy (non-hydrogen) atoms. The lowest BCUT2D eigenvalue weighted by atomic mass is 9.90. The molecule has 0 atom stereocenters. The van der Waals surface area contributed by atoms with E-state index in [4.69, 9.17) is 10.5 Å². The van der Waals surface area contributed by atoms with Crippen LogP contribution in [-0.4, -0.2) is 45.1 Å². The van der Waals surface area contributed by atoms with Gasteiger partial charge in [0, 0.05) is 11.8 Å². The van der Waals surface area contributed by atoms with Crippen LogP contribution in [0.5, 0.6) is 5.75 Å². The standard InChI is InChI=1S/C14H19N3O3S/c1-20-12-4-2-3-11(9-12)17-13(15)16-10-14(17)5-7-21(18,19)8-6-14/h2-4,9H,5-8,10H2,1H3,(H2,15,16). The second-order valence-electron chi connectivity index (χ2n) is 5.59. The van der Waals surface area contributed by atoms with E-state index >= 15 is 0 Å². The molecule has 7 heteroatoms. The lowest BCUT2D eigenvalue weighted by molar-refractivity contribution is 0.404. The Balaban J connectivity index is 1.96. The van der Waals surface area contributed by atoms with Crippen molar-refractivity contribution in [1.82, 2.24) is 0 Å². The van der Waals surface area contributed by atoms with Crippen LogP contribution in [0.1, 0.15) is 12.8 Å². The minimum absolute atomic E-state index is 0.191. The van der Waals surface area contributed by atoms with Gasteiger partial charge in [-0.05, 0) is 25.0 Å². The summed E-state index contributed by atoms with van der Waals surface area (Å²) in [5.41, 5.74) is 6.64. The predicted molar refractivity (Wildman–Crippen MR) is 82.6 cm³/mol. The van der Waals surface area contributed by atoms with Gasteiger partial charge in [-0.2, -0.15) is 0 Å². The second kappa shape index (κ2) is 4.91. The summed E-state index contributed by atoms with van der Waals surface area (Å²) in [6.45, 7) is 0.547. The van der Waals surface area contributed by atoms with Crippen LogP contribution < -0.4 is 15.4 Å². The van der Waals surface area contributed by atoms with Gasteiger partial charge in [0.05, 0.1) is 30.7 Å². The first-order chi connectivity index (χ1) is 9.96. The molecule has 1 saturated heterocycles. The highest BCUT2D eigenvalue weighted by atomic mass is 32.2. The van der Waals surface area contributed by atoms with Crippen molar-refractivity contribution < 1.29 is 13.2 Å². The molecule has 0 amide bonds. The second-order valence-corrected chi connectivity index (χ2v) is 7.89. The fraction of sp³-hybridized carbons (Fsp3) is 0.500. The number of aliphatic imine (C=N–C) groups is 1. The molecular weight excluding hydrogens is 290 g/mol. The molecule has 1 aromatic rings. The molecule has 2 aliphatic heterocycles. The molecule has 0 unspecified atom stereocenters. The first-order valence-electron chi connectivity index (χ1n) is 6.90. The first-order valence-corrected chi connectivity index (χ1v) is 8.73. The molecule has 0 aromatic heterocycles. The Labute approximate surface area is 124 Å². The summed E-state index contributed by atoms with van der Waals surface area (Å²) in [4.78, 5) is 6.34. The van der Waals surface area contributed by atoms with Gasteiger partial charge in [-0.15, -0.1) is 0 Å². The van der Waals surface area contributed by atoms with E-state index in [1.807, 2.05) is 29.2 Å². The fourth-order valence-electron chi connectivity index (χ4n) is 3.07. The van der Waals surface area contributed by atoms with Crippen molar-refractivity contribution in [2.75, 3.05) is 30.1 Å². The number of hydrogen-bond acceptors (Lipinski definition) is 6. The maximum Gasteiger partial charge on any atom is 0.196 e. The zero-order valence-electron chi connectivity index (χ0n) is 11.9. The number of nitrogens with two attached hydrogens (primary N) is 1. The monoisotopic (exact) mass is 309 g/mol. The van der Waals surface area contributed by atoms with E-state index in [0.717, 1.165) is 11.4 Å². The fourth-order valence-corrected chi connectivity index (χ4v) is 4.65. The van der Waals surface area contributed by atoms with Crippen LogP contribution in [0, 0.1) is 0 Å². The minimum atomic E-state index is -2.93. The van der Waals surface area contributed by atoms with Crippen molar-refractivity contribution in [2.24, 2.45) is 10.7 Å². The van der Waals surface area contributed by atoms with Crippen LogP contribution >= 0.6 is 0 Å². The molecule has 3 rings (SSSR count). The van der Waals surface area contributed by atoms with E-state index in [2.05, 4.69) is 4.99 Å². The van der Waals surface area contributed by atoms with Crippen LogP contribution in [0.15, 0.2) is 29.3 Å². The van der Waals surface area contributed by atoms with Gasteiger partial charge in [0.2, 0.25) is 0 Å². The third-order valence-electron chi connectivity index (χ3n) is 4.31. The summed E-state index contributed by atoms with van der Waals surface area (Å²) < 4.78 is 28.7. The summed E-state index contributed by atoms with van der Waals surface area (Å²) in [5, 5.41) is 0. The van der Waals surface area contributed by atoms with Crippen molar-refractivity contribution in [3.05, 3.63) is 24.3 Å². The largest absolute Gasteiger partial charge is 0.497 e. The molecule has 1 aromatic carbocycles. The molecule has 0 saturated carbocycles. The normalized spacial score (nSPS) is 23.1. The van der Waals surface area contributed by atoms with Crippen LogP contribution in [0.25, 0.3) is 0 Å². The smallest absolute Gasteiger partial charge is 0.196 e. The van der Waals surface area contributed by atoms with Crippen molar-refractivity contribution in [3.63, 3.8) is 0 Å². The molecule has 2 N–H and O–H groups in total. The SMILES string of the molecule is COc1cccc(N2C(N)=NCC23CCS(=O)(=O)CC3)c1. The number of nitrogens with zero attached hydrogens (tertiary/aromatic N) is 2. The number of methoxy groups -OCH3 is 1. The number of sulfone groups is 1. The molecule has 2 aliphatic rings. The van der Waals surface area contributed by atoms with Gasteiger partial charge in [0.1, 0.15) is 5.75 Å². The van der Waals surface area contributed by atoms with Crippen molar-refractivity contribution in [1.29, 1.82) is 0 Å². The minimum Gasteiger partial charge on any atom is -0.497 e. The Bertz CT molecular complexity index is 670. The molecule has 114 valence electrons. The van der Waals surface area contributed by atoms with E-state index in [9.17, 15) is 8.42 Å². The zero-order valence-corrected chi connectivity index (χ0v) is 12.8. The summed E-state index contributed by atoms with van der Waals surface area (Å²) in [7, 11) is -1.31. The Kier molecular flexibility index (Phi) is 3.32. The highest BCUT2D eigenvalue weighted by molar-refractivity contribution is 7.91. The van der Waals surface area contributed by atoms with E-state index < -0.39 is 9.84 Å². The molecule has 2 heterocycles. The highest BCUT2D eigenvalue weighted by Crippen LogP contribution is 2.38. The van der Waals surface area contributed by atoms with Gasteiger partial charge >= 0.3 is 0 Å². The van der Waals surface area contributed by atoms with Crippen LogP contribution in [0.4, 0.5) is 5.69 Å². The van der Waals surface area contributed by atoms with Gasteiger partial charge in [0.25, 0.3) is 0 Å². The van der Waals surface area contributed by atoms with E-state index in [1.165, 1.54) is 0 Å². The number of anilines is 1. The summed E-state index contributed by atoms with van der Waals surface area (Å²) in [5.74, 6) is 1.57. The Morgan fingerprint density at radius 3 is 2.71 bits per heavy atom. The first kappa shape index (κ1) is 14.2. The predicted octanol–water partition coefficient (Wildman–Crippen LogP) is 0.777. The topological polar surface area (TPSA) is 85.0 Å². The third-order valence-corrected chi connectivity index (χ3v) is 5.96. The van der Waals surface area contributed by atoms with E-state index in [-0.39, 0.29) is 17.0 Å². The molecule has 1 spiro atoms. The maximum absolute atomic E-state index is 11.7. The summed E-state index contributed by atoms with van der Waals surface area (Å²) in [6.07, 6.45) is 1.10. The quantitative estimate of drug-likeness (QED) is 0.872. The molecule has 0 bridgehead atoms. The number of benzene rings is 1. The van der Waals surface area contributed by atoms with Gasteiger partial charge in [-0.1, -0.05) is 6.07 Å². The van der Waals surface area contributed by atoms with Crippen molar-refractivity contribution in [3.8, 4) is 5.75 Å². The van der Waals surface area contributed by atoms with Crippen molar-refractivity contribution >= 4 is 21.5 Å². The molecule has 1 fully saturated rings. The number of hydrogen-bond donors (Lipinski definition) is 1. The average Bonchev–Trinajstić information content (AvgIpc) is 2.80. The third kappa shape index (κ3) is 2.46. The van der Waals surface area contributed by atoms with Gasteiger partial charge in [-0.25, -0.2) is 8.42 Å². The Morgan fingerprint density at radius 1 is 1.33 bits per heavy atom. The lowest BCUT2D eigenvalue weighted by Crippen LogP contribution is -2.55. The average molecular weight is 309 g/mol.